The molecule has 17 heavy (non-hydrogen) atoms. The zero-order chi connectivity index (χ0) is 12.4. The molecule has 0 aliphatic heterocycles. The number of hydrogen-bond donors (Lipinski definition) is 0. The van der Waals surface area contributed by atoms with Crippen LogP contribution in [-0.2, 0) is 4.79 Å². The first-order valence-corrected chi connectivity index (χ1v) is 5.84. The van der Waals surface area contributed by atoms with Gasteiger partial charge in [-0.2, -0.15) is 4.98 Å². The molecule has 0 aliphatic rings. The van der Waals surface area contributed by atoms with E-state index in [2.05, 4.69) is 31.1 Å². The van der Waals surface area contributed by atoms with Crippen LogP contribution >= 0.6 is 15.9 Å². The summed E-state index contributed by atoms with van der Waals surface area (Å²) < 4.78 is 5.83. The molecule has 0 N–H and O–H groups in total. The predicted molar refractivity (Wildman–Crippen MR) is 64.3 cm³/mol. The number of carbonyl (C=O) groups excluding carboxylic acids is 1. The second-order valence-corrected chi connectivity index (χ2v) is 4.48. The van der Waals surface area contributed by atoms with Crippen LogP contribution < -0.4 is 0 Å². The average molecular weight is 296 g/mol. The number of Topliss-reactive ketones (excluding diaryl/α,β-unsaturated/α-hetero) is 1. The molecule has 0 fully saturated rings. The van der Waals surface area contributed by atoms with Crippen molar-refractivity contribution < 1.29 is 9.32 Å². The highest BCUT2D eigenvalue weighted by atomic mass is 79.9. The Morgan fingerprint density at radius 1 is 1.53 bits per heavy atom. The van der Waals surface area contributed by atoms with Crippen LogP contribution in [0.3, 0.4) is 0 Å². The van der Waals surface area contributed by atoms with Gasteiger partial charge in [-0.05, 0) is 41.9 Å². The minimum absolute atomic E-state index is 0.0136. The van der Waals surface area contributed by atoms with Gasteiger partial charge in [-0.25, -0.2) is 0 Å². The fourth-order valence-corrected chi connectivity index (χ4v) is 1.66. The Hall–Kier alpha value is -1.56. The summed E-state index contributed by atoms with van der Waals surface area (Å²) in [5.74, 6) is 0.282. The molecule has 0 saturated heterocycles. The van der Waals surface area contributed by atoms with Gasteiger partial charge in [-0.15, -0.1) is 0 Å². The number of nitrogens with zero attached hydrogens (tertiary/aromatic N) is 3. The van der Waals surface area contributed by atoms with Crippen LogP contribution in [0.4, 0.5) is 0 Å². The lowest BCUT2D eigenvalue weighted by Crippen LogP contribution is -2.04. The van der Waals surface area contributed by atoms with E-state index < -0.39 is 5.92 Å². The van der Waals surface area contributed by atoms with Crippen LogP contribution in [-0.4, -0.2) is 20.9 Å². The summed E-state index contributed by atoms with van der Waals surface area (Å²) in [4.78, 5) is 19.5. The fourth-order valence-electron chi connectivity index (χ4n) is 1.23. The summed E-state index contributed by atoms with van der Waals surface area (Å²) in [6, 6.07) is 3.64. The number of ketones is 1. The van der Waals surface area contributed by atoms with Gasteiger partial charge in [0.2, 0.25) is 11.7 Å². The molecule has 2 aromatic rings. The molecule has 0 radical (unpaired) electrons. The van der Waals surface area contributed by atoms with Crippen LogP contribution in [0.25, 0.3) is 11.5 Å². The van der Waals surface area contributed by atoms with Crippen molar-refractivity contribution in [3.63, 3.8) is 0 Å². The first-order chi connectivity index (χ1) is 8.09. The molecule has 0 aromatic carbocycles. The number of rotatable bonds is 3. The van der Waals surface area contributed by atoms with Gasteiger partial charge in [0.05, 0.1) is 5.92 Å². The quantitative estimate of drug-likeness (QED) is 0.870. The lowest BCUT2D eigenvalue weighted by atomic mass is 10.1. The zero-order valence-electron chi connectivity index (χ0n) is 9.35. The Morgan fingerprint density at radius 3 is 2.94 bits per heavy atom. The summed E-state index contributed by atoms with van der Waals surface area (Å²) in [5.41, 5.74) is 0.596. The Bertz CT molecular complexity index is 553. The molecular formula is C11H10BrN3O2. The van der Waals surface area contributed by atoms with Gasteiger partial charge >= 0.3 is 0 Å². The second kappa shape index (κ2) is 4.75. The largest absolute Gasteiger partial charge is 0.338 e. The number of halogens is 1. The summed E-state index contributed by atoms with van der Waals surface area (Å²) in [6.07, 6.45) is 1.64. The molecule has 1 atom stereocenters. The third kappa shape index (κ3) is 2.41. The Labute approximate surface area is 106 Å². The van der Waals surface area contributed by atoms with Crippen molar-refractivity contribution in [2.24, 2.45) is 0 Å². The molecule has 1 unspecified atom stereocenters. The van der Waals surface area contributed by atoms with Gasteiger partial charge < -0.3 is 4.52 Å². The maximum Gasteiger partial charge on any atom is 0.237 e. The molecule has 0 spiro atoms. The van der Waals surface area contributed by atoms with E-state index >= 15 is 0 Å². The van der Waals surface area contributed by atoms with E-state index in [4.69, 9.17) is 4.52 Å². The molecule has 88 valence electrons. The summed E-state index contributed by atoms with van der Waals surface area (Å²) in [6.45, 7) is 3.22. The van der Waals surface area contributed by atoms with Gasteiger partial charge in [0.1, 0.15) is 11.5 Å². The standard InChI is InChI=1S/C11H10BrN3O2/c1-6(7(2)16)11-14-10(15-17-11)9-8(12)4-3-5-13-9/h3-6H,1-2H3. The molecule has 2 rings (SSSR count). The molecule has 5 nitrogen and oxygen atoms in total. The normalized spacial score (nSPS) is 12.4. The lowest BCUT2D eigenvalue weighted by Gasteiger charge is -1.98. The minimum Gasteiger partial charge on any atom is -0.338 e. The van der Waals surface area contributed by atoms with Crippen molar-refractivity contribution in [2.75, 3.05) is 0 Å². The monoisotopic (exact) mass is 295 g/mol. The summed E-state index contributed by atoms with van der Waals surface area (Å²) >= 11 is 3.36. The summed E-state index contributed by atoms with van der Waals surface area (Å²) in [7, 11) is 0. The number of pyridine rings is 1. The maximum atomic E-state index is 11.2. The number of aromatic nitrogens is 3. The van der Waals surface area contributed by atoms with Gasteiger partial charge in [0.15, 0.2) is 0 Å². The van der Waals surface area contributed by atoms with Crippen LogP contribution in [0.1, 0.15) is 25.7 Å². The van der Waals surface area contributed by atoms with E-state index in [1.807, 2.05) is 6.07 Å². The van der Waals surface area contributed by atoms with Gasteiger partial charge in [0.25, 0.3) is 0 Å². The van der Waals surface area contributed by atoms with Gasteiger partial charge in [-0.3, -0.25) is 9.78 Å². The van der Waals surface area contributed by atoms with E-state index in [1.54, 1.807) is 19.2 Å². The number of carbonyl (C=O) groups is 1. The van der Waals surface area contributed by atoms with Gasteiger partial charge in [0, 0.05) is 10.7 Å². The van der Waals surface area contributed by atoms with Crippen LogP contribution in [0.5, 0.6) is 0 Å². The zero-order valence-corrected chi connectivity index (χ0v) is 10.9. The molecule has 0 saturated carbocycles. The average Bonchev–Trinajstić information content (AvgIpc) is 2.77. The van der Waals surface area contributed by atoms with E-state index in [0.717, 1.165) is 4.47 Å². The molecule has 6 heteroatoms. The first kappa shape index (κ1) is 11.9. The van der Waals surface area contributed by atoms with Crippen molar-refractivity contribution >= 4 is 21.7 Å². The van der Waals surface area contributed by atoms with Crippen LogP contribution in [0.15, 0.2) is 27.3 Å². The van der Waals surface area contributed by atoms with Crippen molar-refractivity contribution in [3.05, 3.63) is 28.7 Å². The minimum atomic E-state index is -0.390. The van der Waals surface area contributed by atoms with Crippen LogP contribution in [0.2, 0.25) is 0 Å². The van der Waals surface area contributed by atoms with E-state index in [9.17, 15) is 4.79 Å². The maximum absolute atomic E-state index is 11.2. The third-order valence-electron chi connectivity index (χ3n) is 2.39. The Balaban J connectivity index is 2.37. The molecular weight excluding hydrogens is 286 g/mol. The highest BCUT2D eigenvalue weighted by molar-refractivity contribution is 9.10. The topological polar surface area (TPSA) is 68.9 Å². The van der Waals surface area contributed by atoms with E-state index in [1.165, 1.54) is 6.92 Å². The predicted octanol–water partition coefficient (Wildman–Crippen LogP) is 2.59. The molecule has 0 amide bonds. The van der Waals surface area contributed by atoms with Crippen molar-refractivity contribution in [3.8, 4) is 11.5 Å². The summed E-state index contributed by atoms with van der Waals surface area (Å²) in [5, 5.41) is 3.82. The molecule has 0 bridgehead atoms. The molecule has 2 heterocycles. The van der Waals surface area contributed by atoms with Crippen molar-refractivity contribution in [1.29, 1.82) is 0 Å². The highest BCUT2D eigenvalue weighted by Crippen LogP contribution is 2.24. The van der Waals surface area contributed by atoms with E-state index in [0.29, 0.717) is 17.4 Å². The van der Waals surface area contributed by atoms with Gasteiger partial charge in [-0.1, -0.05) is 5.16 Å². The molecule has 0 aliphatic carbocycles. The van der Waals surface area contributed by atoms with Crippen molar-refractivity contribution in [2.45, 2.75) is 19.8 Å². The van der Waals surface area contributed by atoms with Crippen LogP contribution in [0, 0.1) is 0 Å². The second-order valence-electron chi connectivity index (χ2n) is 3.62. The number of hydrogen-bond acceptors (Lipinski definition) is 5. The lowest BCUT2D eigenvalue weighted by molar-refractivity contribution is -0.118. The third-order valence-corrected chi connectivity index (χ3v) is 3.03. The fraction of sp³-hybridized carbons (Fsp3) is 0.273. The molecule has 2 aromatic heterocycles. The van der Waals surface area contributed by atoms with E-state index in [-0.39, 0.29) is 5.78 Å². The Morgan fingerprint density at radius 2 is 2.29 bits per heavy atom. The first-order valence-electron chi connectivity index (χ1n) is 5.04. The smallest absolute Gasteiger partial charge is 0.237 e. The van der Waals surface area contributed by atoms with Crippen molar-refractivity contribution in [1.82, 2.24) is 15.1 Å². The Kier molecular flexibility index (Phi) is 3.33. The highest BCUT2D eigenvalue weighted by Gasteiger charge is 2.20. The SMILES string of the molecule is CC(=O)C(C)c1nc(-c2ncccc2Br)no1.